The molecule has 0 aliphatic carbocycles. The molecule has 1 N–H and O–H groups in total. The number of nitrogens with zero attached hydrogens (tertiary/aromatic N) is 3. The molecule has 0 spiro atoms. The summed E-state index contributed by atoms with van der Waals surface area (Å²) in [4.78, 5) is 2.89. The van der Waals surface area contributed by atoms with Crippen LogP contribution in [-0.4, -0.2) is 77.8 Å². The molecule has 0 aliphatic heterocycles. The SMILES string of the molecule is CC(C)CCOCCOCCOC(C)(CCOCCOCCNC(C)C)N=[N+]=[N-]. The van der Waals surface area contributed by atoms with Gasteiger partial charge in [0.1, 0.15) is 5.72 Å². The molecule has 0 saturated carbocycles. The van der Waals surface area contributed by atoms with Gasteiger partial charge >= 0.3 is 0 Å². The van der Waals surface area contributed by atoms with E-state index in [0.717, 1.165) is 19.6 Å². The molecule has 0 amide bonds. The summed E-state index contributed by atoms with van der Waals surface area (Å²) in [6.07, 6.45) is 1.52. The van der Waals surface area contributed by atoms with Crippen LogP contribution in [0.2, 0.25) is 0 Å². The lowest BCUT2D eigenvalue weighted by Crippen LogP contribution is -2.30. The van der Waals surface area contributed by atoms with Crippen LogP contribution in [0, 0.1) is 5.92 Å². The van der Waals surface area contributed by atoms with Crippen LogP contribution in [0.15, 0.2) is 5.11 Å². The summed E-state index contributed by atoms with van der Waals surface area (Å²) in [5.74, 6) is 0.645. The maximum absolute atomic E-state index is 8.79. The standard InChI is InChI=1S/C20H42N4O5/c1-18(2)6-9-25-12-15-28-16-17-29-20(5,23-24-21)7-10-26-13-14-27-11-8-22-19(3)4/h18-19,22H,6-17H2,1-5H3. The summed E-state index contributed by atoms with van der Waals surface area (Å²) in [5, 5.41) is 7.04. The van der Waals surface area contributed by atoms with Gasteiger partial charge in [-0.25, -0.2) is 0 Å². The minimum atomic E-state index is -0.950. The third kappa shape index (κ3) is 20.1. The van der Waals surface area contributed by atoms with Crippen molar-refractivity contribution in [2.45, 2.75) is 59.2 Å². The molecule has 0 saturated heterocycles. The molecule has 9 nitrogen and oxygen atoms in total. The molecular weight excluding hydrogens is 376 g/mol. The van der Waals surface area contributed by atoms with Crippen LogP contribution >= 0.6 is 0 Å². The van der Waals surface area contributed by atoms with E-state index in [-0.39, 0.29) is 0 Å². The van der Waals surface area contributed by atoms with E-state index in [4.69, 9.17) is 29.2 Å². The first kappa shape index (κ1) is 28.1. The quantitative estimate of drug-likeness (QED) is 0.132. The Morgan fingerprint density at radius 3 is 1.97 bits per heavy atom. The van der Waals surface area contributed by atoms with Crippen molar-refractivity contribution in [3.8, 4) is 0 Å². The average molecular weight is 419 g/mol. The van der Waals surface area contributed by atoms with Crippen molar-refractivity contribution in [1.82, 2.24) is 5.32 Å². The summed E-state index contributed by atoms with van der Waals surface area (Å²) in [5.41, 5.74) is 7.84. The van der Waals surface area contributed by atoms with Gasteiger partial charge in [0.2, 0.25) is 0 Å². The zero-order valence-corrected chi connectivity index (χ0v) is 19.0. The molecular formula is C20H42N4O5. The molecule has 0 aliphatic rings. The van der Waals surface area contributed by atoms with Gasteiger partial charge in [0.15, 0.2) is 0 Å². The van der Waals surface area contributed by atoms with Gasteiger partial charge in [0.25, 0.3) is 0 Å². The number of rotatable bonds is 21. The van der Waals surface area contributed by atoms with Crippen molar-refractivity contribution in [3.05, 3.63) is 10.4 Å². The number of nitrogens with one attached hydrogen (secondary N) is 1. The normalized spacial score (nSPS) is 13.6. The van der Waals surface area contributed by atoms with E-state index in [9.17, 15) is 0 Å². The van der Waals surface area contributed by atoms with Crippen LogP contribution in [0.3, 0.4) is 0 Å². The Bertz CT molecular complexity index is 392. The largest absolute Gasteiger partial charge is 0.379 e. The second-order valence-electron chi connectivity index (χ2n) is 7.70. The highest BCUT2D eigenvalue weighted by Gasteiger charge is 2.23. The monoisotopic (exact) mass is 418 g/mol. The predicted molar refractivity (Wildman–Crippen MR) is 114 cm³/mol. The number of hydrogen-bond donors (Lipinski definition) is 1. The highest BCUT2D eigenvalue weighted by Crippen LogP contribution is 2.17. The van der Waals surface area contributed by atoms with Crippen molar-refractivity contribution in [1.29, 1.82) is 0 Å². The second-order valence-corrected chi connectivity index (χ2v) is 7.70. The zero-order valence-electron chi connectivity index (χ0n) is 19.0. The van der Waals surface area contributed by atoms with E-state index in [0.29, 0.717) is 71.2 Å². The molecule has 29 heavy (non-hydrogen) atoms. The van der Waals surface area contributed by atoms with Gasteiger partial charge < -0.3 is 29.0 Å². The second kappa shape index (κ2) is 19.1. The van der Waals surface area contributed by atoms with E-state index in [2.05, 4.69) is 43.0 Å². The van der Waals surface area contributed by atoms with Crippen LogP contribution in [-0.2, 0) is 23.7 Å². The van der Waals surface area contributed by atoms with Crippen LogP contribution in [0.4, 0.5) is 0 Å². The minimum absolute atomic E-state index is 0.341. The van der Waals surface area contributed by atoms with E-state index in [1.54, 1.807) is 6.92 Å². The number of hydrogen-bond acceptors (Lipinski definition) is 7. The van der Waals surface area contributed by atoms with Crippen molar-refractivity contribution in [2.75, 3.05) is 66.0 Å². The van der Waals surface area contributed by atoms with Crippen molar-refractivity contribution in [3.63, 3.8) is 0 Å². The number of ether oxygens (including phenoxy) is 5. The lowest BCUT2D eigenvalue weighted by Gasteiger charge is -2.24. The van der Waals surface area contributed by atoms with E-state index in [1.807, 2.05) is 0 Å². The van der Waals surface area contributed by atoms with Crippen molar-refractivity contribution >= 4 is 0 Å². The Morgan fingerprint density at radius 1 is 0.828 bits per heavy atom. The Kier molecular flexibility index (Phi) is 18.4. The fourth-order valence-electron chi connectivity index (χ4n) is 2.21. The lowest BCUT2D eigenvalue weighted by atomic mass is 10.1. The Morgan fingerprint density at radius 2 is 1.38 bits per heavy atom. The van der Waals surface area contributed by atoms with Crippen LogP contribution in [0.1, 0.15) is 47.5 Å². The zero-order chi connectivity index (χ0) is 21.8. The molecule has 9 heteroatoms. The Hall–Kier alpha value is -0.930. The van der Waals surface area contributed by atoms with Crippen LogP contribution in [0.5, 0.6) is 0 Å². The summed E-state index contributed by atoms with van der Waals surface area (Å²) < 4.78 is 27.7. The molecule has 1 unspecified atom stereocenters. The summed E-state index contributed by atoms with van der Waals surface area (Å²) in [7, 11) is 0. The summed E-state index contributed by atoms with van der Waals surface area (Å²) in [6.45, 7) is 15.8. The number of azide groups is 1. The molecule has 0 aromatic heterocycles. The molecule has 0 aromatic carbocycles. The molecule has 172 valence electrons. The molecule has 0 fully saturated rings. The van der Waals surface area contributed by atoms with Gasteiger partial charge in [-0.3, -0.25) is 0 Å². The molecule has 0 rings (SSSR count). The first-order valence-corrected chi connectivity index (χ1v) is 10.6. The van der Waals surface area contributed by atoms with Gasteiger partial charge in [0, 0.05) is 37.1 Å². The van der Waals surface area contributed by atoms with Gasteiger partial charge in [0.05, 0.1) is 46.2 Å². The van der Waals surface area contributed by atoms with Gasteiger partial charge in [-0.1, -0.05) is 32.8 Å². The Labute approximate surface area is 176 Å². The van der Waals surface area contributed by atoms with Crippen molar-refractivity contribution < 1.29 is 23.7 Å². The minimum Gasteiger partial charge on any atom is -0.379 e. The van der Waals surface area contributed by atoms with Gasteiger partial charge in [-0.15, -0.1) is 0 Å². The van der Waals surface area contributed by atoms with Crippen molar-refractivity contribution in [2.24, 2.45) is 11.0 Å². The summed E-state index contributed by atoms with van der Waals surface area (Å²) >= 11 is 0. The predicted octanol–water partition coefficient (Wildman–Crippen LogP) is 3.53. The van der Waals surface area contributed by atoms with E-state index < -0.39 is 5.72 Å². The fraction of sp³-hybridized carbons (Fsp3) is 1.00. The highest BCUT2D eigenvalue weighted by molar-refractivity contribution is 4.72. The molecule has 1 atom stereocenters. The topological polar surface area (TPSA) is 107 Å². The summed E-state index contributed by atoms with van der Waals surface area (Å²) in [6, 6.07) is 0.460. The Balaban J connectivity index is 3.70. The molecule has 0 bridgehead atoms. The van der Waals surface area contributed by atoms with E-state index in [1.165, 1.54) is 0 Å². The molecule has 0 aromatic rings. The first-order chi connectivity index (χ1) is 13.9. The van der Waals surface area contributed by atoms with Gasteiger partial charge in [-0.05, 0) is 24.8 Å². The maximum Gasteiger partial charge on any atom is 0.146 e. The van der Waals surface area contributed by atoms with Gasteiger partial charge in [-0.2, -0.15) is 0 Å². The smallest absolute Gasteiger partial charge is 0.146 e. The molecule has 0 radical (unpaired) electrons. The average Bonchev–Trinajstić information content (AvgIpc) is 2.65. The van der Waals surface area contributed by atoms with E-state index >= 15 is 0 Å². The third-order valence-electron chi connectivity index (χ3n) is 3.99. The lowest BCUT2D eigenvalue weighted by molar-refractivity contribution is -0.0747. The fourth-order valence-corrected chi connectivity index (χ4v) is 2.21. The van der Waals surface area contributed by atoms with Crippen LogP contribution in [0.25, 0.3) is 10.4 Å². The first-order valence-electron chi connectivity index (χ1n) is 10.6. The molecule has 0 heterocycles. The van der Waals surface area contributed by atoms with Crippen LogP contribution < -0.4 is 5.32 Å². The maximum atomic E-state index is 8.79. The third-order valence-corrected chi connectivity index (χ3v) is 3.99. The highest BCUT2D eigenvalue weighted by atomic mass is 16.6.